The van der Waals surface area contributed by atoms with Crippen molar-refractivity contribution in [3.8, 4) is 5.75 Å². The number of ether oxygens (including phenoxy) is 2. The number of hydrogen-bond acceptors (Lipinski definition) is 3. The number of rotatable bonds is 3. The largest absolute Gasteiger partial charge is 0.495 e. The molecular weight excluding hydrogens is 252 g/mol. The zero-order valence-electron chi connectivity index (χ0n) is 10.6. The molecule has 2 rings (SSSR count). The molecular formula is C14H17ClO3. The molecule has 3 nitrogen and oxygen atoms in total. The van der Waals surface area contributed by atoms with Crippen LogP contribution in [0.3, 0.4) is 0 Å². The predicted octanol–water partition coefficient (Wildman–Crippen LogP) is 3.20. The summed E-state index contributed by atoms with van der Waals surface area (Å²) < 4.78 is 10.5. The third kappa shape index (κ3) is 2.68. The van der Waals surface area contributed by atoms with E-state index in [0.29, 0.717) is 29.5 Å². The van der Waals surface area contributed by atoms with E-state index < -0.39 is 0 Å². The molecule has 4 heteroatoms. The first-order valence-corrected chi connectivity index (χ1v) is 6.46. The van der Waals surface area contributed by atoms with E-state index in [9.17, 15) is 4.79 Å². The van der Waals surface area contributed by atoms with Crippen LogP contribution in [-0.4, -0.2) is 26.1 Å². The number of benzene rings is 1. The quantitative estimate of drug-likeness (QED) is 0.790. The Labute approximate surface area is 112 Å². The lowest BCUT2D eigenvalue weighted by atomic mass is 9.83. The molecule has 0 spiro atoms. The second-order valence-corrected chi connectivity index (χ2v) is 5.07. The summed E-state index contributed by atoms with van der Waals surface area (Å²) in [7, 11) is 1.55. The van der Waals surface area contributed by atoms with Gasteiger partial charge >= 0.3 is 0 Å². The lowest BCUT2D eigenvalue weighted by molar-refractivity contribution is 0.0241. The fraction of sp³-hybridized carbons (Fsp3) is 0.500. The van der Waals surface area contributed by atoms with Crippen LogP contribution in [0.1, 0.15) is 23.7 Å². The molecule has 98 valence electrons. The maximum Gasteiger partial charge on any atom is 0.166 e. The predicted molar refractivity (Wildman–Crippen MR) is 70.4 cm³/mol. The van der Waals surface area contributed by atoms with Crippen LogP contribution < -0.4 is 4.74 Å². The van der Waals surface area contributed by atoms with Crippen LogP contribution in [0.15, 0.2) is 18.2 Å². The van der Waals surface area contributed by atoms with Crippen molar-refractivity contribution in [2.24, 2.45) is 11.8 Å². The fourth-order valence-electron chi connectivity index (χ4n) is 2.30. The van der Waals surface area contributed by atoms with E-state index in [1.807, 2.05) is 0 Å². The molecule has 1 aliphatic rings. The molecule has 1 aliphatic heterocycles. The Bertz CT molecular complexity index is 445. The maximum absolute atomic E-state index is 12.4. The van der Waals surface area contributed by atoms with Crippen molar-refractivity contribution in [3.63, 3.8) is 0 Å². The lowest BCUT2D eigenvalue weighted by Gasteiger charge is -2.27. The summed E-state index contributed by atoms with van der Waals surface area (Å²) >= 11 is 5.96. The van der Waals surface area contributed by atoms with Gasteiger partial charge in [0, 0.05) is 24.7 Å². The molecule has 1 aromatic carbocycles. The number of ketones is 1. The van der Waals surface area contributed by atoms with Gasteiger partial charge in [-0.2, -0.15) is 0 Å². The molecule has 0 aliphatic carbocycles. The van der Waals surface area contributed by atoms with E-state index >= 15 is 0 Å². The summed E-state index contributed by atoms with van der Waals surface area (Å²) in [5.41, 5.74) is 0.662. The van der Waals surface area contributed by atoms with Crippen molar-refractivity contribution in [2.45, 2.75) is 13.3 Å². The van der Waals surface area contributed by atoms with E-state index in [4.69, 9.17) is 21.1 Å². The van der Waals surface area contributed by atoms with Crippen molar-refractivity contribution < 1.29 is 14.3 Å². The molecule has 0 bridgehead atoms. The molecule has 0 saturated carbocycles. The Kier molecular flexibility index (Phi) is 4.25. The molecule has 0 amide bonds. The first kappa shape index (κ1) is 13.4. The third-order valence-electron chi connectivity index (χ3n) is 3.41. The normalized spacial score (nSPS) is 23.7. The van der Waals surface area contributed by atoms with Crippen LogP contribution >= 0.6 is 11.6 Å². The lowest BCUT2D eigenvalue weighted by Crippen LogP contribution is -2.31. The van der Waals surface area contributed by atoms with Crippen LogP contribution in [0, 0.1) is 11.8 Å². The van der Waals surface area contributed by atoms with Gasteiger partial charge in [0.25, 0.3) is 0 Å². The van der Waals surface area contributed by atoms with Crippen molar-refractivity contribution in [3.05, 3.63) is 28.8 Å². The Morgan fingerprint density at radius 1 is 1.50 bits per heavy atom. The fourth-order valence-corrected chi connectivity index (χ4v) is 2.49. The molecule has 0 aromatic heterocycles. The zero-order valence-corrected chi connectivity index (χ0v) is 11.4. The summed E-state index contributed by atoms with van der Waals surface area (Å²) in [4.78, 5) is 12.4. The van der Waals surface area contributed by atoms with Crippen molar-refractivity contribution in [1.82, 2.24) is 0 Å². The van der Waals surface area contributed by atoms with Gasteiger partial charge in [0.1, 0.15) is 5.75 Å². The van der Waals surface area contributed by atoms with E-state index in [2.05, 4.69) is 6.92 Å². The van der Waals surface area contributed by atoms with E-state index in [1.165, 1.54) is 0 Å². The van der Waals surface area contributed by atoms with Crippen LogP contribution in [0.5, 0.6) is 5.75 Å². The summed E-state index contributed by atoms with van der Waals surface area (Å²) in [5.74, 6) is 0.987. The molecule has 2 unspecified atom stereocenters. The standard InChI is InChI=1S/C14H17ClO3/c1-9-8-18-6-5-11(9)14(16)10-3-4-12(15)13(7-10)17-2/h3-4,7,9,11H,5-6,8H2,1-2H3. The van der Waals surface area contributed by atoms with Gasteiger partial charge < -0.3 is 9.47 Å². The van der Waals surface area contributed by atoms with E-state index in [0.717, 1.165) is 6.42 Å². The molecule has 1 aromatic rings. The number of Topliss-reactive ketones (excluding diaryl/α,β-unsaturated/α-hetero) is 1. The highest BCUT2D eigenvalue weighted by Gasteiger charge is 2.29. The number of carbonyl (C=O) groups excluding carboxylic acids is 1. The number of methoxy groups -OCH3 is 1. The average molecular weight is 269 g/mol. The maximum atomic E-state index is 12.4. The van der Waals surface area contributed by atoms with Crippen LogP contribution in [0.25, 0.3) is 0 Å². The summed E-state index contributed by atoms with van der Waals surface area (Å²) in [6.45, 7) is 3.36. The topological polar surface area (TPSA) is 35.5 Å². The summed E-state index contributed by atoms with van der Waals surface area (Å²) in [6, 6.07) is 5.18. The van der Waals surface area contributed by atoms with Gasteiger partial charge in [-0.1, -0.05) is 18.5 Å². The second-order valence-electron chi connectivity index (χ2n) is 4.66. The Morgan fingerprint density at radius 2 is 2.28 bits per heavy atom. The Hall–Kier alpha value is -1.06. The SMILES string of the molecule is COc1cc(C(=O)C2CCOCC2C)ccc1Cl. The second kappa shape index (κ2) is 5.72. The third-order valence-corrected chi connectivity index (χ3v) is 3.73. The van der Waals surface area contributed by atoms with Crippen molar-refractivity contribution >= 4 is 17.4 Å². The van der Waals surface area contributed by atoms with E-state index in [1.54, 1.807) is 25.3 Å². The van der Waals surface area contributed by atoms with Crippen LogP contribution in [0.4, 0.5) is 0 Å². The summed E-state index contributed by atoms with van der Waals surface area (Å²) in [6.07, 6.45) is 0.783. The van der Waals surface area contributed by atoms with Gasteiger partial charge in [-0.05, 0) is 30.5 Å². The van der Waals surface area contributed by atoms with Gasteiger partial charge in [0.15, 0.2) is 5.78 Å². The highest BCUT2D eigenvalue weighted by molar-refractivity contribution is 6.32. The minimum Gasteiger partial charge on any atom is -0.495 e. The highest BCUT2D eigenvalue weighted by Crippen LogP contribution is 2.29. The first-order valence-electron chi connectivity index (χ1n) is 6.09. The van der Waals surface area contributed by atoms with Gasteiger partial charge in [0.2, 0.25) is 0 Å². The summed E-state index contributed by atoms with van der Waals surface area (Å²) in [5, 5.41) is 0.522. The molecule has 1 heterocycles. The molecule has 2 atom stereocenters. The first-order chi connectivity index (χ1) is 8.63. The van der Waals surface area contributed by atoms with Crippen LogP contribution in [-0.2, 0) is 4.74 Å². The van der Waals surface area contributed by atoms with Gasteiger partial charge in [0.05, 0.1) is 12.1 Å². The Balaban J connectivity index is 2.22. The van der Waals surface area contributed by atoms with Crippen molar-refractivity contribution in [1.29, 1.82) is 0 Å². The van der Waals surface area contributed by atoms with Gasteiger partial charge in [-0.25, -0.2) is 0 Å². The zero-order chi connectivity index (χ0) is 13.1. The monoisotopic (exact) mass is 268 g/mol. The van der Waals surface area contributed by atoms with Crippen molar-refractivity contribution in [2.75, 3.05) is 20.3 Å². The molecule has 0 radical (unpaired) electrons. The minimum absolute atomic E-state index is 0.0321. The average Bonchev–Trinajstić information content (AvgIpc) is 2.39. The van der Waals surface area contributed by atoms with Crippen LogP contribution in [0.2, 0.25) is 5.02 Å². The van der Waals surface area contributed by atoms with E-state index in [-0.39, 0.29) is 17.6 Å². The highest BCUT2D eigenvalue weighted by atomic mass is 35.5. The number of hydrogen-bond donors (Lipinski definition) is 0. The molecule has 18 heavy (non-hydrogen) atoms. The Morgan fingerprint density at radius 3 is 2.94 bits per heavy atom. The van der Waals surface area contributed by atoms with Gasteiger partial charge in [-0.15, -0.1) is 0 Å². The number of halogens is 1. The van der Waals surface area contributed by atoms with Gasteiger partial charge in [-0.3, -0.25) is 4.79 Å². The molecule has 1 saturated heterocycles. The minimum atomic E-state index is 0.0321. The molecule has 1 fully saturated rings. The molecule has 0 N–H and O–H groups in total. The smallest absolute Gasteiger partial charge is 0.166 e. The number of carbonyl (C=O) groups is 1.